The molecule has 0 aromatic carbocycles. The smallest absolute Gasteiger partial charge is 0.341 e. The van der Waals surface area contributed by atoms with Gasteiger partial charge in [-0.3, -0.25) is 4.98 Å². The Hall–Kier alpha value is -2.22. The summed E-state index contributed by atoms with van der Waals surface area (Å²) >= 11 is 0. The third-order valence-electron chi connectivity index (χ3n) is 5.41. The van der Waals surface area contributed by atoms with E-state index in [1.165, 1.54) is 12.6 Å². The van der Waals surface area contributed by atoms with Crippen molar-refractivity contribution in [3.05, 3.63) is 47.0 Å². The van der Waals surface area contributed by atoms with Crippen molar-refractivity contribution in [2.75, 3.05) is 31.1 Å². The zero-order valence-corrected chi connectivity index (χ0v) is 15.7. The molecule has 0 radical (unpaired) electrons. The Labute approximate surface area is 162 Å². The predicted octanol–water partition coefficient (Wildman–Crippen LogP) is 3.55. The molecule has 1 N–H and O–H groups in total. The van der Waals surface area contributed by atoms with Gasteiger partial charge in [0.05, 0.1) is 17.0 Å². The zero-order valence-electron chi connectivity index (χ0n) is 15.7. The van der Waals surface area contributed by atoms with Gasteiger partial charge >= 0.3 is 6.18 Å². The third kappa shape index (κ3) is 4.43. The van der Waals surface area contributed by atoms with Gasteiger partial charge < -0.3 is 10.2 Å². The summed E-state index contributed by atoms with van der Waals surface area (Å²) in [6.07, 6.45) is 1.56. The molecule has 2 aromatic rings. The van der Waals surface area contributed by atoms with Gasteiger partial charge in [0.15, 0.2) is 0 Å². The second-order valence-electron chi connectivity index (χ2n) is 7.53. The quantitative estimate of drug-likeness (QED) is 0.864. The van der Waals surface area contributed by atoms with Crippen LogP contribution in [-0.4, -0.2) is 41.1 Å². The lowest BCUT2D eigenvalue weighted by Gasteiger charge is -2.27. The number of hydrogen-bond donors (Lipinski definition) is 1. The summed E-state index contributed by atoms with van der Waals surface area (Å²) in [7, 11) is 0. The first-order valence-electron chi connectivity index (χ1n) is 9.85. The largest absolute Gasteiger partial charge is 0.416 e. The Bertz CT molecular complexity index is 812. The molecule has 4 rings (SSSR count). The molecule has 0 amide bonds. The SMILES string of the molecule is FC(F)(F)c1ccnc(Cc2cc(C3CCNC3)nc(N3CCCCC3)n2)c1. The molecule has 1 atom stereocenters. The molecule has 8 heteroatoms. The number of piperidine rings is 1. The van der Waals surface area contributed by atoms with Crippen LogP contribution >= 0.6 is 0 Å². The van der Waals surface area contributed by atoms with E-state index in [0.717, 1.165) is 69.0 Å². The van der Waals surface area contributed by atoms with Crippen LogP contribution < -0.4 is 10.2 Å². The van der Waals surface area contributed by atoms with Crippen molar-refractivity contribution in [2.45, 2.75) is 44.2 Å². The molecule has 2 saturated heterocycles. The topological polar surface area (TPSA) is 53.9 Å². The number of rotatable bonds is 4. The fourth-order valence-corrected chi connectivity index (χ4v) is 3.88. The highest BCUT2D eigenvalue weighted by Crippen LogP contribution is 2.30. The summed E-state index contributed by atoms with van der Waals surface area (Å²) in [5.41, 5.74) is 1.39. The van der Waals surface area contributed by atoms with E-state index >= 15 is 0 Å². The van der Waals surface area contributed by atoms with Gasteiger partial charge in [-0.2, -0.15) is 13.2 Å². The highest BCUT2D eigenvalue weighted by atomic mass is 19.4. The van der Waals surface area contributed by atoms with Crippen molar-refractivity contribution in [3.8, 4) is 0 Å². The molecular formula is C20H24F3N5. The maximum atomic E-state index is 13.0. The minimum atomic E-state index is -4.37. The molecule has 150 valence electrons. The van der Waals surface area contributed by atoms with Crippen LogP contribution in [0, 0.1) is 0 Å². The normalized spacial score (nSPS) is 20.5. The molecule has 0 bridgehead atoms. The molecule has 4 heterocycles. The van der Waals surface area contributed by atoms with Crippen molar-refractivity contribution in [3.63, 3.8) is 0 Å². The summed E-state index contributed by atoms with van der Waals surface area (Å²) in [5, 5.41) is 3.35. The molecule has 2 aliphatic rings. The Kier molecular flexibility index (Phi) is 5.48. The van der Waals surface area contributed by atoms with E-state index in [1.54, 1.807) is 0 Å². The van der Waals surface area contributed by atoms with Crippen LogP contribution in [0.15, 0.2) is 24.4 Å². The van der Waals surface area contributed by atoms with Gasteiger partial charge in [-0.15, -0.1) is 0 Å². The monoisotopic (exact) mass is 391 g/mol. The lowest BCUT2D eigenvalue weighted by atomic mass is 10.0. The van der Waals surface area contributed by atoms with Crippen LogP contribution in [0.2, 0.25) is 0 Å². The average Bonchev–Trinajstić information content (AvgIpc) is 3.23. The minimum absolute atomic E-state index is 0.264. The number of nitrogens with zero attached hydrogens (tertiary/aromatic N) is 4. The molecule has 2 fully saturated rings. The lowest BCUT2D eigenvalue weighted by molar-refractivity contribution is -0.137. The highest BCUT2D eigenvalue weighted by Gasteiger charge is 2.30. The van der Waals surface area contributed by atoms with Gasteiger partial charge in [0.25, 0.3) is 0 Å². The van der Waals surface area contributed by atoms with E-state index in [4.69, 9.17) is 4.98 Å². The number of pyridine rings is 1. The molecule has 0 aliphatic carbocycles. The molecular weight excluding hydrogens is 367 g/mol. The Morgan fingerprint density at radius 3 is 2.61 bits per heavy atom. The molecule has 0 spiro atoms. The fourth-order valence-electron chi connectivity index (χ4n) is 3.88. The fraction of sp³-hybridized carbons (Fsp3) is 0.550. The first kappa shape index (κ1) is 19.1. The van der Waals surface area contributed by atoms with Crippen molar-refractivity contribution in [1.82, 2.24) is 20.3 Å². The molecule has 0 saturated carbocycles. The first-order chi connectivity index (χ1) is 13.5. The van der Waals surface area contributed by atoms with Gasteiger partial charge in [0, 0.05) is 43.9 Å². The zero-order chi connectivity index (χ0) is 19.6. The predicted molar refractivity (Wildman–Crippen MR) is 100 cm³/mol. The Morgan fingerprint density at radius 1 is 1.07 bits per heavy atom. The third-order valence-corrected chi connectivity index (χ3v) is 5.41. The molecule has 5 nitrogen and oxygen atoms in total. The summed E-state index contributed by atoms with van der Waals surface area (Å²) in [5.74, 6) is 1.02. The van der Waals surface area contributed by atoms with E-state index in [-0.39, 0.29) is 6.42 Å². The van der Waals surface area contributed by atoms with Crippen LogP contribution in [0.25, 0.3) is 0 Å². The van der Waals surface area contributed by atoms with Crippen LogP contribution in [0.3, 0.4) is 0 Å². The summed E-state index contributed by atoms with van der Waals surface area (Å²) in [4.78, 5) is 15.8. The van der Waals surface area contributed by atoms with Gasteiger partial charge in [-0.1, -0.05) is 0 Å². The molecule has 2 aromatic heterocycles. The van der Waals surface area contributed by atoms with Crippen LogP contribution in [-0.2, 0) is 12.6 Å². The van der Waals surface area contributed by atoms with Gasteiger partial charge in [-0.25, -0.2) is 9.97 Å². The van der Waals surface area contributed by atoms with Gasteiger partial charge in [0.1, 0.15) is 0 Å². The standard InChI is InChI=1S/C20H24F3N5/c21-20(22,23)15-5-7-25-16(10-15)11-17-12-18(14-4-6-24-13-14)27-19(26-17)28-8-2-1-3-9-28/h5,7,10,12,14,24H,1-4,6,8-9,11,13H2. The Balaban J connectivity index is 1.64. The number of halogens is 3. The molecule has 2 aliphatic heterocycles. The van der Waals surface area contributed by atoms with Gasteiger partial charge in [-0.05, 0) is 50.4 Å². The van der Waals surface area contributed by atoms with Crippen molar-refractivity contribution in [1.29, 1.82) is 0 Å². The highest BCUT2D eigenvalue weighted by molar-refractivity contribution is 5.36. The molecule has 28 heavy (non-hydrogen) atoms. The number of aromatic nitrogens is 3. The van der Waals surface area contributed by atoms with E-state index < -0.39 is 11.7 Å². The number of alkyl halides is 3. The number of anilines is 1. The first-order valence-corrected chi connectivity index (χ1v) is 9.85. The second kappa shape index (κ2) is 8.03. The van der Waals surface area contributed by atoms with E-state index in [1.807, 2.05) is 6.07 Å². The van der Waals surface area contributed by atoms with Gasteiger partial charge in [0.2, 0.25) is 5.95 Å². The summed E-state index contributed by atoms with van der Waals surface area (Å²) < 4.78 is 39.0. The van der Waals surface area contributed by atoms with Crippen LogP contribution in [0.4, 0.5) is 19.1 Å². The van der Waals surface area contributed by atoms with Crippen molar-refractivity contribution in [2.24, 2.45) is 0 Å². The lowest BCUT2D eigenvalue weighted by Crippen LogP contribution is -2.31. The minimum Gasteiger partial charge on any atom is -0.341 e. The van der Waals surface area contributed by atoms with E-state index in [2.05, 4.69) is 20.2 Å². The van der Waals surface area contributed by atoms with Crippen LogP contribution in [0.5, 0.6) is 0 Å². The van der Waals surface area contributed by atoms with Crippen LogP contribution in [0.1, 0.15) is 54.2 Å². The summed E-state index contributed by atoms with van der Waals surface area (Å²) in [6.45, 7) is 3.68. The summed E-state index contributed by atoms with van der Waals surface area (Å²) in [6, 6.07) is 4.05. The van der Waals surface area contributed by atoms with Crippen molar-refractivity contribution >= 4 is 5.95 Å². The number of hydrogen-bond acceptors (Lipinski definition) is 5. The Morgan fingerprint density at radius 2 is 1.89 bits per heavy atom. The maximum absolute atomic E-state index is 13.0. The van der Waals surface area contributed by atoms with E-state index in [9.17, 15) is 13.2 Å². The second-order valence-corrected chi connectivity index (χ2v) is 7.53. The molecule has 1 unspecified atom stereocenters. The van der Waals surface area contributed by atoms with Crippen molar-refractivity contribution < 1.29 is 13.2 Å². The van der Waals surface area contributed by atoms with E-state index in [0.29, 0.717) is 17.6 Å². The maximum Gasteiger partial charge on any atom is 0.416 e. The number of nitrogens with one attached hydrogen (secondary N) is 1. The average molecular weight is 391 g/mol.